The molecule has 0 unspecified atom stereocenters. The van der Waals surface area contributed by atoms with E-state index in [1.165, 1.54) is 32.6 Å². The fourth-order valence-corrected chi connectivity index (χ4v) is 3.13. The van der Waals surface area contributed by atoms with Crippen LogP contribution in [0, 0.1) is 0 Å². The second kappa shape index (κ2) is 4.48. The van der Waals surface area contributed by atoms with Crippen molar-refractivity contribution in [3.63, 3.8) is 0 Å². The van der Waals surface area contributed by atoms with E-state index in [0.717, 1.165) is 12.3 Å². The number of benzene rings is 2. The average Bonchev–Trinajstić information content (AvgIpc) is 2.84. The van der Waals surface area contributed by atoms with E-state index in [4.69, 9.17) is 4.74 Å². The molecule has 0 spiro atoms. The van der Waals surface area contributed by atoms with Gasteiger partial charge in [-0.05, 0) is 48.7 Å². The van der Waals surface area contributed by atoms with Crippen LogP contribution in [0.3, 0.4) is 0 Å². The minimum atomic E-state index is 0.893. The number of rotatable bonds is 2. The topological polar surface area (TPSA) is 27.1 Å². The van der Waals surface area contributed by atoms with Gasteiger partial charge in [-0.15, -0.1) is 0 Å². The maximum absolute atomic E-state index is 5.38. The third-order valence-electron chi connectivity index (χ3n) is 4.15. The fraction of sp³-hybridized carbons (Fsp3) is 0.167. The Labute approximate surface area is 122 Å². The standard InChI is InChI=1S/C18H16N2O/c1-3-20-17-5-4-14(21-2)10-16(17)15-8-13-11-19-7-6-12(13)9-18(15)20/h4-11H,3H2,1-2H3. The molecule has 0 fully saturated rings. The van der Waals surface area contributed by atoms with Crippen molar-refractivity contribution in [2.45, 2.75) is 13.5 Å². The monoisotopic (exact) mass is 276 g/mol. The SMILES string of the molecule is CCn1c2ccc(OC)cc2c2cc3cnccc3cc21. The van der Waals surface area contributed by atoms with Gasteiger partial charge in [0.25, 0.3) is 0 Å². The Balaban J connectivity index is 2.22. The highest BCUT2D eigenvalue weighted by Crippen LogP contribution is 2.34. The quantitative estimate of drug-likeness (QED) is 0.543. The van der Waals surface area contributed by atoms with Gasteiger partial charge in [0.15, 0.2) is 0 Å². The molecular formula is C18H16N2O. The van der Waals surface area contributed by atoms with E-state index in [2.05, 4.69) is 46.8 Å². The van der Waals surface area contributed by atoms with E-state index in [0.29, 0.717) is 0 Å². The lowest BCUT2D eigenvalue weighted by Gasteiger charge is -2.04. The van der Waals surface area contributed by atoms with Gasteiger partial charge < -0.3 is 9.30 Å². The van der Waals surface area contributed by atoms with Crippen molar-refractivity contribution < 1.29 is 4.74 Å². The van der Waals surface area contributed by atoms with E-state index in [-0.39, 0.29) is 0 Å². The van der Waals surface area contributed by atoms with E-state index >= 15 is 0 Å². The van der Waals surface area contributed by atoms with Gasteiger partial charge in [-0.1, -0.05) is 0 Å². The Morgan fingerprint density at radius 1 is 1.00 bits per heavy atom. The number of fused-ring (bicyclic) bond motifs is 4. The van der Waals surface area contributed by atoms with Crippen molar-refractivity contribution in [2.24, 2.45) is 0 Å². The first-order valence-electron chi connectivity index (χ1n) is 7.15. The van der Waals surface area contributed by atoms with Crippen molar-refractivity contribution in [3.8, 4) is 5.75 Å². The molecule has 0 saturated carbocycles. The summed E-state index contributed by atoms with van der Waals surface area (Å²) in [6, 6.07) is 12.8. The zero-order valence-electron chi connectivity index (χ0n) is 12.1. The highest BCUT2D eigenvalue weighted by molar-refractivity contribution is 6.12. The number of ether oxygens (including phenoxy) is 1. The number of aryl methyl sites for hydroxylation is 1. The molecule has 2 aromatic heterocycles. The Morgan fingerprint density at radius 3 is 2.67 bits per heavy atom. The molecule has 0 radical (unpaired) electrons. The van der Waals surface area contributed by atoms with Crippen LogP contribution in [0.5, 0.6) is 5.75 Å². The van der Waals surface area contributed by atoms with Gasteiger partial charge in [0.05, 0.1) is 7.11 Å². The van der Waals surface area contributed by atoms with Crippen LogP contribution in [-0.2, 0) is 6.54 Å². The number of methoxy groups -OCH3 is 1. The molecule has 0 atom stereocenters. The summed E-state index contributed by atoms with van der Waals surface area (Å²) in [6.45, 7) is 3.13. The molecule has 2 aromatic carbocycles. The molecule has 3 heteroatoms. The molecule has 4 aromatic rings. The normalized spacial score (nSPS) is 11.5. The van der Waals surface area contributed by atoms with Crippen LogP contribution in [0.25, 0.3) is 32.6 Å². The van der Waals surface area contributed by atoms with Crippen LogP contribution in [0.15, 0.2) is 48.8 Å². The Kier molecular flexibility index (Phi) is 2.61. The number of hydrogen-bond acceptors (Lipinski definition) is 2. The molecule has 0 bridgehead atoms. The summed E-state index contributed by atoms with van der Waals surface area (Å²) >= 11 is 0. The van der Waals surface area contributed by atoms with E-state index in [1.54, 1.807) is 7.11 Å². The van der Waals surface area contributed by atoms with Gasteiger partial charge in [-0.2, -0.15) is 0 Å². The van der Waals surface area contributed by atoms with Crippen LogP contribution in [-0.4, -0.2) is 16.7 Å². The Bertz CT molecular complexity index is 969. The molecule has 21 heavy (non-hydrogen) atoms. The minimum absolute atomic E-state index is 0.893. The molecule has 0 amide bonds. The molecule has 0 aliphatic rings. The largest absolute Gasteiger partial charge is 0.497 e. The van der Waals surface area contributed by atoms with Gasteiger partial charge >= 0.3 is 0 Å². The summed E-state index contributed by atoms with van der Waals surface area (Å²) in [5.74, 6) is 0.893. The van der Waals surface area contributed by atoms with Gasteiger partial charge in [-0.25, -0.2) is 0 Å². The lowest BCUT2D eigenvalue weighted by atomic mass is 10.1. The van der Waals surface area contributed by atoms with Crippen LogP contribution < -0.4 is 4.74 Å². The Hall–Kier alpha value is -2.55. The van der Waals surface area contributed by atoms with Crippen molar-refractivity contribution >= 4 is 32.6 Å². The maximum atomic E-state index is 5.38. The smallest absolute Gasteiger partial charge is 0.119 e. The molecule has 0 N–H and O–H groups in total. The minimum Gasteiger partial charge on any atom is -0.497 e. The molecule has 0 saturated heterocycles. The zero-order chi connectivity index (χ0) is 14.4. The van der Waals surface area contributed by atoms with Gasteiger partial charge in [0.2, 0.25) is 0 Å². The number of pyridine rings is 1. The summed E-state index contributed by atoms with van der Waals surface area (Å²) in [5, 5.41) is 4.88. The molecule has 0 aliphatic carbocycles. The first-order valence-corrected chi connectivity index (χ1v) is 7.15. The highest BCUT2D eigenvalue weighted by atomic mass is 16.5. The average molecular weight is 276 g/mol. The Morgan fingerprint density at radius 2 is 1.86 bits per heavy atom. The number of nitrogens with zero attached hydrogens (tertiary/aromatic N) is 2. The fourth-order valence-electron chi connectivity index (χ4n) is 3.13. The third-order valence-corrected chi connectivity index (χ3v) is 4.15. The van der Waals surface area contributed by atoms with Gasteiger partial charge in [-0.3, -0.25) is 4.98 Å². The van der Waals surface area contributed by atoms with Crippen LogP contribution >= 0.6 is 0 Å². The second-order valence-corrected chi connectivity index (χ2v) is 5.22. The molecule has 2 heterocycles. The van der Waals surface area contributed by atoms with Crippen molar-refractivity contribution in [1.82, 2.24) is 9.55 Å². The van der Waals surface area contributed by atoms with Gasteiger partial charge in [0.1, 0.15) is 5.75 Å². The summed E-state index contributed by atoms with van der Waals surface area (Å²) in [5.41, 5.74) is 2.51. The maximum Gasteiger partial charge on any atom is 0.119 e. The number of hydrogen-bond donors (Lipinski definition) is 0. The summed E-state index contributed by atoms with van der Waals surface area (Å²) in [7, 11) is 1.71. The van der Waals surface area contributed by atoms with Crippen LogP contribution in [0.2, 0.25) is 0 Å². The molecular weight excluding hydrogens is 260 g/mol. The van der Waals surface area contributed by atoms with Crippen molar-refractivity contribution in [1.29, 1.82) is 0 Å². The summed E-state index contributed by atoms with van der Waals surface area (Å²) in [6.07, 6.45) is 3.76. The zero-order valence-corrected chi connectivity index (χ0v) is 12.1. The lowest BCUT2D eigenvalue weighted by molar-refractivity contribution is 0.415. The van der Waals surface area contributed by atoms with Crippen LogP contribution in [0.4, 0.5) is 0 Å². The summed E-state index contributed by atoms with van der Waals surface area (Å²) < 4.78 is 7.73. The highest BCUT2D eigenvalue weighted by Gasteiger charge is 2.11. The predicted octanol–water partition coefficient (Wildman–Crippen LogP) is 4.37. The first kappa shape index (κ1) is 12.2. The first-order chi connectivity index (χ1) is 10.3. The molecule has 4 rings (SSSR count). The van der Waals surface area contributed by atoms with E-state index in [9.17, 15) is 0 Å². The second-order valence-electron chi connectivity index (χ2n) is 5.22. The number of aromatic nitrogens is 2. The van der Waals surface area contributed by atoms with E-state index < -0.39 is 0 Å². The van der Waals surface area contributed by atoms with Crippen molar-refractivity contribution in [3.05, 3.63) is 48.8 Å². The molecule has 3 nitrogen and oxygen atoms in total. The van der Waals surface area contributed by atoms with Crippen LogP contribution in [0.1, 0.15) is 6.92 Å². The summed E-state index contributed by atoms with van der Waals surface area (Å²) in [4.78, 5) is 4.23. The molecule has 104 valence electrons. The third kappa shape index (κ3) is 1.70. The van der Waals surface area contributed by atoms with Crippen molar-refractivity contribution in [2.75, 3.05) is 7.11 Å². The predicted molar refractivity (Wildman–Crippen MR) is 87.0 cm³/mol. The van der Waals surface area contributed by atoms with Gasteiger partial charge in [0, 0.05) is 46.1 Å². The van der Waals surface area contributed by atoms with E-state index in [1.807, 2.05) is 18.5 Å². The molecule has 0 aliphatic heterocycles. The lowest BCUT2D eigenvalue weighted by Crippen LogP contribution is -1.93.